The van der Waals surface area contributed by atoms with Crippen molar-refractivity contribution in [2.45, 2.75) is 30.6 Å². The van der Waals surface area contributed by atoms with Gasteiger partial charge in [0, 0.05) is 49.2 Å². The van der Waals surface area contributed by atoms with Crippen LogP contribution in [0.4, 0.5) is 0 Å². The molecule has 2 heterocycles. The molecule has 28 heavy (non-hydrogen) atoms. The molecule has 0 aromatic heterocycles. The van der Waals surface area contributed by atoms with Crippen molar-refractivity contribution < 1.29 is 9.59 Å². The molecular formula is C20H27Cl2N3O2S. The van der Waals surface area contributed by atoms with E-state index in [2.05, 4.69) is 4.90 Å². The number of likely N-dealkylation sites (tertiary alicyclic amines) is 1. The minimum atomic E-state index is 0.0968. The van der Waals surface area contributed by atoms with Crippen molar-refractivity contribution in [2.75, 3.05) is 51.6 Å². The monoisotopic (exact) mass is 443 g/mol. The SMILES string of the molecule is O=C(CSc1cc(Cl)ccc1Cl)N1CCN(CC(=O)N2CCCCCC2)CC1. The molecule has 0 aliphatic carbocycles. The van der Waals surface area contributed by atoms with E-state index >= 15 is 0 Å². The largest absolute Gasteiger partial charge is 0.342 e. The Morgan fingerprint density at radius 3 is 2.18 bits per heavy atom. The van der Waals surface area contributed by atoms with Gasteiger partial charge < -0.3 is 9.80 Å². The fraction of sp³-hybridized carbons (Fsp3) is 0.600. The Morgan fingerprint density at radius 1 is 0.857 bits per heavy atom. The molecule has 2 fully saturated rings. The molecule has 0 N–H and O–H groups in total. The fourth-order valence-corrected chi connectivity index (χ4v) is 4.98. The van der Waals surface area contributed by atoms with Crippen molar-refractivity contribution >= 4 is 46.8 Å². The van der Waals surface area contributed by atoms with E-state index in [1.165, 1.54) is 24.6 Å². The van der Waals surface area contributed by atoms with Gasteiger partial charge in [-0.2, -0.15) is 0 Å². The lowest BCUT2D eigenvalue weighted by Gasteiger charge is -2.35. The third-order valence-corrected chi connectivity index (χ3v) is 7.00. The van der Waals surface area contributed by atoms with Crippen molar-refractivity contribution in [3.05, 3.63) is 28.2 Å². The van der Waals surface area contributed by atoms with Gasteiger partial charge in [-0.25, -0.2) is 0 Å². The number of rotatable bonds is 5. The molecule has 2 aliphatic rings. The summed E-state index contributed by atoms with van der Waals surface area (Å²) in [6, 6.07) is 5.27. The third kappa shape index (κ3) is 6.28. The zero-order chi connectivity index (χ0) is 19.9. The summed E-state index contributed by atoms with van der Waals surface area (Å²) in [4.78, 5) is 31.9. The van der Waals surface area contributed by atoms with Crippen LogP contribution in [0.25, 0.3) is 0 Å². The fourth-order valence-electron chi connectivity index (χ4n) is 3.59. The number of nitrogens with zero attached hydrogens (tertiary/aromatic N) is 3. The molecule has 0 atom stereocenters. The van der Waals surface area contributed by atoms with E-state index in [-0.39, 0.29) is 11.8 Å². The number of piperazine rings is 1. The average Bonchev–Trinajstić information content (AvgIpc) is 2.98. The Balaban J connectivity index is 1.41. The van der Waals surface area contributed by atoms with Crippen molar-refractivity contribution in [3.63, 3.8) is 0 Å². The highest BCUT2D eigenvalue weighted by Gasteiger charge is 2.24. The van der Waals surface area contributed by atoms with E-state index in [1.54, 1.807) is 18.2 Å². The lowest BCUT2D eigenvalue weighted by Crippen LogP contribution is -2.52. The molecule has 8 heteroatoms. The van der Waals surface area contributed by atoms with Gasteiger partial charge in [-0.3, -0.25) is 14.5 Å². The maximum absolute atomic E-state index is 12.5. The van der Waals surface area contributed by atoms with Crippen LogP contribution >= 0.6 is 35.0 Å². The lowest BCUT2D eigenvalue weighted by atomic mass is 10.2. The molecule has 154 valence electrons. The van der Waals surface area contributed by atoms with Crippen molar-refractivity contribution in [3.8, 4) is 0 Å². The molecule has 0 unspecified atom stereocenters. The summed E-state index contributed by atoms with van der Waals surface area (Å²) in [5, 5.41) is 1.22. The summed E-state index contributed by atoms with van der Waals surface area (Å²) in [5.41, 5.74) is 0. The molecule has 0 spiro atoms. The van der Waals surface area contributed by atoms with E-state index in [1.807, 2.05) is 9.80 Å². The lowest BCUT2D eigenvalue weighted by molar-refractivity contribution is -0.134. The first-order chi connectivity index (χ1) is 13.5. The Bertz CT molecular complexity index is 688. The maximum atomic E-state index is 12.5. The van der Waals surface area contributed by atoms with Crippen molar-refractivity contribution in [2.24, 2.45) is 0 Å². The second-order valence-electron chi connectivity index (χ2n) is 7.32. The van der Waals surface area contributed by atoms with E-state index in [9.17, 15) is 9.59 Å². The number of halogens is 2. The molecule has 2 saturated heterocycles. The van der Waals surface area contributed by atoms with E-state index in [0.29, 0.717) is 35.4 Å². The van der Waals surface area contributed by atoms with Crippen LogP contribution in [0.15, 0.2) is 23.1 Å². The van der Waals surface area contributed by atoms with Gasteiger partial charge in [0.1, 0.15) is 0 Å². The smallest absolute Gasteiger partial charge is 0.236 e. The van der Waals surface area contributed by atoms with Crippen LogP contribution < -0.4 is 0 Å². The van der Waals surface area contributed by atoms with E-state index in [4.69, 9.17) is 23.2 Å². The van der Waals surface area contributed by atoms with Gasteiger partial charge in [0.25, 0.3) is 0 Å². The average molecular weight is 444 g/mol. The van der Waals surface area contributed by atoms with Crippen LogP contribution in [0.5, 0.6) is 0 Å². The van der Waals surface area contributed by atoms with Crippen LogP contribution in [0.1, 0.15) is 25.7 Å². The Labute approximate surface area is 181 Å². The molecule has 0 radical (unpaired) electrons. The van der Waals surface area contributed by atoms with E-state index < -0.39 is 0 Å². The molecule has 0 bridgehead atoms. The summed E-state index contributed by atoms with van der Waals surface area (Å²) in [7, 11) is 0. The predicted octanol–water partition coefficient (Wildman–Crippen LogP) is 3.63. The first kappa shape index (κ1) is 21.8. The van der Waals surface area contributed by atoms with Gasteiger partial charge in [0.2, 0.25) is 11.8 Å². The van der Waals surface area contributed by atoms with Crippen LogP contribution in [0.2, 0.25) is 10.0 Å². The highest BCUT2D eigenvalue weighted by Crippen LogP contribution is 2.30. The number of benzene rings is 1. The maximum Gasteiger partial charge on any atom is 0.236 e. The topological polar surface area (TPSA) is 43.9 Å². The second-order valence-corrected chi connectivity index (χ2v) is 9.18. The molecule has 2 aliphatic heterocycles. The first-order valence-corrected chi connectivity index (χ1v) is 11.6. The minimum Gasteiger partial charge on any atom is -0.342 e. The summed E-state index contributed by atoms with van der Waals surface area (Å²) in [6.45, 7) is 5.06. The Morgan fingerprint density at radius 2 is 1.50 bits per heavy atom. The summed E-state index contributed by atoms with van der Waals surface area (Å²) in [6.07, 6.45) is 4.68. The molecule has 2 amide bonds. The molecule has 3 rings (SSSR count). The zero-order valence-corrected chi connectivity index (χ0v) is 18.4. The van der Waals surface area contributed by atoms with Gasteiger partial charge in [0.05, 0.1) is 17.3 Å². The molecule has 1 aromatic carbocycles. The second kappa shape index (κ2) is 10.7. The number of amides is 2. The quantitative estimate of drug-likeness (QED) is 0.651. The first-order valence-electron chi connectivity index (χ1n) is 9.88. The van der Waals surface area contributed by atoms with Crippen molar-refractivity contribution in [1.29, 1.82) is 0 Å². The minimum absolute atomic E-state index is 0.0968. The van der Waals surface area contributed by atoms with Gasteiger partial charge >= 0.3 is 0 Å². The van der Waals surface area contributed by atoms with Gasteiger partial charge in [0.15, 0.2) is 0 Å². The van der Waals surface area contributed by atoms with Gasteiger partial charge in [-0.1, -0.05) is 36.0 Å². The predicted molar refractivity (Wildman–Crippen MR) is 115 cm³/mol. The Kier molecular flexibility index (Phi) is 8.33. The Hall–Kier alpha value is -0.950. The highest BCUT2D eigenvalue weighted by molar-refractivity contribution is 8.00. The summed E-state index contributed by atoms with van der Waals surface area (Å²) < 4.78 is 0. The molecule has 5 nitrogen and oxygen atoms in total. The standard InChI is InChI=1S/C20H27Cl2N3O2S/c21-16-5-6-17(22)18(13-16)28-15-20(27)25-11-9-23(10-12-25)14-19(26)24-7-3-1-2-4-8-24/h5-6,13H,1-4,7-12,14-15H2. The van der Waals surface area contributed by atoms with Crippen LogP contribution in [0, 0.1) is 0 Å². The highest BCUT2D eigenvalue weighted by atomic mass is 35.5. The third-order valence-electron chi connectivity index (χ3n) is 5.29. The molecule has 0 saturated carbocycles. The van der Waals surface area contributed by atoms with Crippen molar-refractivity contribution in [1.82, 2.24) is 14.7 Å². The molecular weight excluding hydrogens is 417 g/mol. The number of carbonyl (C=O) groups excluding carboxylic acids is 2. The number of hydrogen-bond donors (Lipinski definition) is 0. The zero-order valence-electron chi connectivity index (χ0n) is 16.0. The van der Waals surface area contributed by atoms with Gasteiger partial charge in [-0.05, 0) is 31.0 Å². The van der Waals surface area contributed by atoms with Gasteiger partial charge in [-0.15, -0.1) is 11.8 Å². The number of carbonyl (C=O) groups is 2. The van der Waals surface area contributed by atoms with Crippen LogP contribution in [-0.2, 0) is 9.59 Å². The normalized spacial score (nSPS) is 18.8. The van der Waals surface area contributed by atoms with E-state index in [0.717, 1.165) is 43.9 Å². The van der Waals surface area contributed by atoms with Crippen LogP contribution in [0.3, 0.4) is 0 Å². The summed E-state index contributed by atoms with van der Waals surface area (Å²) >= 11 is 13.6. The number of hydrogen-bond acceptors (Lipinski definition) is 4. The summed E-state index contributed by atoms with van der Waals surface area (Å²) in [5.74, 6) is 0.666. The van der Waals surface area contributed by atoms with Crippen LogP contribution in [-0.4, -0.2) is 78.1 Å². The molecule has 1 aromatic rings. The number of thioether (sulfide) groups is 1.